The molecule has 7 nitrogen and oxygen atoms in total. The molecule has 0 aromatic heterocycles. The first kappa shape index (κ1) is 17.8. The van der Waals surface area contributed by atoms with E-state index in [2.05, 4.69) is 22.6 Å². The van der Waals surface area contributed by atoms with Crippen molar-refractivity contribution in [1.82, 2.24) is 14.7 Å². The number of carbonyl (C=O) groups excluding carboxylic acids is 4. The number of carbonyl (C=O) groups is 4. The summed E-state index contributed by atoms with van der Waals surface area (Å²) in [4.78, 5) is 52.4. The van der Waals surface area contributed by atoms with Gasteiger partial charge in [0.2, 0.25) is 17.7 Å². The summed E-state index contributed by atoms with van der Waals surface area (Å²) in [6.07, 6.45) is 0.370. The van der Waals surface area contributed by atoms with E-state index in [9.17, 15) is 19.2 Å². The van der Waals surface area contributed by atoms with Gasteiger partial charge in [-0.1, -0.05) is 6.07 Å². The summed E-state index contributed by atoms with van der Waals surface area (Å²) in [5.74, 6) is -0.864. The minimum absolute atomic E-state index is 0.0458. The van der Waals surface area contributed by atoms with E-state index in [0.717, 1.165) is 8.47 Å². The van der Waals surface area contributed by atoms with Crippen molar-refractivity contribution in [2.45, 2.75) is 12.8 Å². The standard InChI is InChI=1S/C17H18IN3O4/c18-13-3-1-2-12(10-13)17(25)20-8-6-19(7-9-20)16(24)11-21-14(22)4-5-15(21)23/h1-3,10H,4-9,11H2. The first-order valence-electron chi connectivity index (χ1n) is 8.11. The van der Waals surface area contributed by atoms with E-state index in [-0.39, 0.29) is 43.0 Å². The summed E-state index contributed by atoms with van der Waals surface area (Å²) >= 11 is 2.16. The number of amides is 4. The summed E-state index contributed by atoms with van der Waals surface area (Å²) in [5, 5.41) is 0. The zero-order chi connectivity index (χ0) is 18.0. The lowest BCUT2D eigenvalue weighted by atomic mass is 10.2. The highest BCUT2D eigenvalue weighted by molar-refractivity contribution is 14.1. The fourth-order valence-corrected chi connectivity index (χ4v) is 3.54. The number of hydrogen-bond donors (Lipinski definition) is 0. The first-order chi connectivity index (χ1) is 12.0. The second kappa shape index (κ2) is 7.51. The number of hydrogen-bond acceptors (Lipinski definition) is 4. The van der Waals surface area contributed by atoms with Gasteiger partial charge in [0.05, 0.1) is 0 Å². The Balaban J connectivity index is 1.54. The van der Waals surface area contributed by atoms with Gasteiger partial charge in [-0.25, -0.2) is 0 Å². The Kier molecular flexibility index (Phi) is 5.36. The summed E-state index contributed by atoms with van der Waals surface area (Å²) in [6, 6.07) is 7.39. The van der Waals surface area contributed by atoms with Crippen molar-refractivity contribution < 1.29 is 19.2 Å². The van der Waals surface area contributed by atoms with Crippen molar-refractivity contribution in [3.8, 4) is 0 Å². The van der Waals surface area contributed by atoms with Gasteiger partial charge in [-0.3, -0.25) is 24.1 Å². The predicted octanol–water partition coefficient (Wildman–Crippen LogP) is 0.725. The molecular weight excluding hydrogens is 437 g/mol. The fourth-order valence-electron chi connectivity index (χ4n) is 3.00. The Bertz CT molecular complexity index is 712. The van der Waals surface area contributed by atoms with Crippen molar-refractivity contribution in [2.75, 3.05) is 32.7 Å². The monoisotopic (exact) mass is 455 g/mol. The number of likely N-dealkylation sites (tertiary alicyclic amines) is 1. The highest BCUT2D eigenvalue weighted by Crippen LogP contribution is 2.14. The van der Waals surface area contributed by atoms with Crippen LogP contribution < -0.4 is 0 Å². The summed E-state index contributed by atoms with van der Waals surface area (Å²) in [5.41, 5.74) is 0.639. The number of imide groups is 1. The van der Waals surface area contributed by atoms with Crippen LogP contribution in [-0.4, -0.2) is 71.1 Å². The van der Waals surface area contributed by atoms with E-state index in [1.165, 1.54) is 0 Å². The van der Waals surface area contributed by atoms with Gasteiger partial charge in [-0.2, -0.15) is 0 Å². The van der Waals surface area contributed by atoms with Gasteiger partial charge in [0.25, 0.3) is 5.91 Å². The van der Waals surface area contributed by atoms with E-state index >= 15 is 0 Å². The van der Waals surface area contributed by atoms with Crippen LogP contribution in [0.15, 0.2) is 24.3 Å². The van der Waals surface area contributed by atoms with Gasteiger partial charge in [0, 0.05) is 48.2 Å². The van der Waals surface area contributed by atoms with E-state index in [1.54, 1.807) is 15.9 Å². The number of piperazine rings is 1. The van der Waals surface area contributed by atoms with Gasteiger partial charge in [-0.15, -0.1) is 0 Å². The largest absolute Gasteiger partial charge is 0.338 e. The summed E-state index contributed by atoms with van der Waals surface area (Å²) < 4.78 is 0.997. The minimum Gasteiger partial charge on any atom is -0.338 e. The van der Waals surface area contributed by atoms with Crippen LogP contribution in [0.3, 0.4) is 0 Å². The molecule has 0 unspecified atom stereocenters. The quantitative estimate of drug-likeness (QED) is 0.498. The third-order valence-electron chi connectivity index (χ3n) is 4.44. The number of benzene rings is 1. The lowest BCUT2D eigenvalue weighted by molar-refractivity contribution is -0.146. The Labute approximate surface area is 159 Å². The maximum Gasteiger partial charge on any atom is 0.254 e. The molecule has 2 aliphatic rings. The highest BCUT2D eigenvalue weighted by atomic mass is 127. The third-order valence-corrected chi connectivity index (χ3v) is 5.11. The van der Waals surface area contributed by atoms with Crippen LogP contribution in [0.25, 0.3) is 0 Å². The van der Waals surface area contributed by atoms with Crippen molar-refractivity contribution >= 4 is 46.2 Å². The Morgan fingerprint density at radius 2 is 1.56 bits per heavy atom. The maximum absolute atomic E-state index is 12.5. The molecule has 1 aromatic carbocycles. The molecule has 2 fully saturated rings. The molecule has 2 heterocycles. The van der Waals surface area contributed by atoms with Crippen molar-refractivity contribution in [2.24, 2.45) is 0 Å². The average Bonchev–Trinajstić information content (AvgIpc) is 2.93. The molecule has 4 amide bonds. The van der Waals surface area contributed by atoms with Gasteiger partial charge >= 0.3 is 0 Å². The Hall–Kier alpha value is -1.97. The molecule has 3 rings (SSSR count). The van der Waals surface area contributed by atoms with E-state index in [4.69, 9.17) is 0 Å². The van der Waals surface area contributed by atoms with Crippen LogP contribution in [0.2, 0.25) is 0 Å². The molecule has 8 heteroatoms. The van der Waals surface area contributed by atoms with Gasteiger partial charge in [0.1, 0.15) is 6.54 Å². The van der Waals surface area contributed by atoms with Crippen LogP contribution in [-0.2, 0) is 14.4 Å². The van der Waals surface area contributed by atoms with E-state index in [1.807, 2.05) is 18.2 Å². The second-order valence-corrected chi connectivity index (χ2v) is 7.30. The molecule has 0 bridgehead atoms. The molecule has 2 aliphatic heterocycles. The fraction of sp³-hybridized carbons (Fsp3) is 0.412. The Morgan fingerprint density at radius 1 is 0.960 bits per heavy atom. The predicted molar refractivity (Wildman–Crippen MR) is 97.6 cm³/mol. The van der Waals surface area contributed by atoms with Crippen LogP contribution in [0, 0.1) is 3.57 Å². The van der Waals surface area contributed by atoms with Gasteiger partial charge in [0.15, 0.2) is 0 Å². The zero-order valence-corrected chi connectivity index (χ0v) is 15.8. The van der Waals surface area contributed by atoms with Crippen LogP contribution in [0.1, 0.15) is 23.2 Å². The molecule has 1 aromatic rings. The molecule has 0 atom stereocenters. The number of nitrogens with zero attached hydrogens (tertiary/aromatic N) is 3. The zero-order valence-electron chi connectivity index (χ0n) is 13.6. The number of rotatable bonds is 3. The summed E-state index contributed by atoms with van der Waals surface area (Å²) in [6.45, 7) is 1.51. The molecule has 25 heavy (non-hydrogen) atoms. The second-order valence-electron chi connectivity index (χ2n) is 6.06. The summed E-state index contributed by atoms with van der Waals surface area (Å²) in [7, 11) is 0. The molecule has 0 spiro atoms. The average molecular weight is 455 g/mol. The number of halogens is 1. The molecule has 132 valence electrons. The molecule has 2 saturated heterocycles. The Morgan fingerprint density at radius 3 is 2.16 bits per heavy atom. The van der Waals surface area contributed by atoms with E-state index < -0.39 is 0 Å². The van der Waals surface area contributed by atoms with Gasteiger partial charge < -0.3 is 9.80 Å². The molecular formula is C17H18IN3O4. The van der Waals surface area contributed by atoms with Gasteiger partial charge in [-0.05, 0) is 40.8 Å². The molecule has 0 aliphatic carbocycles. The highest BCUT2D eigenvalue weighted by Gasteiger charge is 2.33. The van der Waals surface area contributed by atoms with Crippen LogP contribution in [0.5, 0.6) is 0 Å². The van der Waals surface area contributed by atoms with Crippen molar-refractivity contribution in [1.29, 1.82) is 0 Å². The molecule has 0 N–H and O–H groups in total. The molecule has 0 radical (unpaired) electrons. The minimum atomic E-state index is -0.286. The normalized spacial score (nSPS) is 18.0. The SMILES string of the molecule is O=C(CN1C(=O)CCC1=O)N1CCN(C(=O)c2cccc(I)c2)CC1. The smallest absolute Gasteiger partial charge is 0.254 e. The van der Waals surface area contributed by atoms with Crippen molar-refractivity contribution in [3.63, 3.8) is 0 Å². The van der Waals surface area contributed by atoms with Crippen molar-refractivity contribution in [3.05, 3.63) is 33.4 Å². The van der Waals surface area contributed by atoms with Crippen LogP contribution >= 0.6 is 22.6 Å². The molecule has 0 saturated carbocycles. The third kappa shape index (κ3) is 4.00. The maximum atomic E-state index is 12.5. The topological polar surface area (TPSA) is 78.0 Å². The van der Waals surface area contributed by atoms with Crippen LogP contribution in [0.4, 0.5) is 0 Å². The lowest BCUT2D eigenvalue weighted by Gasteiger charge is -2.35. The lowest BCUT2D eigenvalue weighted by Crippen LogP contribution is -2.53. The first-order valence-corrected chi connectivity index (χ1v) is 9.19. The van der Waals surface area contributed by atoms with E-state index in [0.29, 0.717) is 31.7 Å².